The van der Waals surface area contributed by atoms with Crippen LogP contribution in [0.4, 0.5) is 5.00 Å². The monoisotopic (exact) mass is 212 g/mol. The topological polar surface area (TPSA) is 72.1 Å². The largest absolute Gasteiger partial charge is 0.387 e. The standard InChI is InChI=1S/C8H12N4OS/c1-5-3-2-4-12(5)8(13)6-7(9)14-11-10-6/h5H,2-4,9H2,1H3. The maximum absolute atomic E-state index is 11.9. The summed E-state index contributed by atoms with van der Waals surface area (Å²) in [5, 5.41) is 4.16. The van der Waals surface area contributed by atoms with Crippen LogP contribution in [-0.2, 0) is 0 Å². The third kappa shape index (κ3) is 1.45. The van der Waals surface area contributed by atoms with E-state index < -0.39 is 0 Å². The van der Waals surface area contributed by atoms with Gasteiger partial charge in [-0.05, 0) is 19.8 Å². The molecule has 1 unspecified atom stereocenters. The van der Waals surface area contributed by atoms with E-state index in [0.29, 0.717) is 16.7 Å². The van der Waals surface area contributed by atoms with E-state index in [1.807, 2.05) is 11.8 Å². The predicted octanol–water partition coefficient (Wildman–Crippen LogP) is 0.745. The zero-order chi connectivity index (χ0) is 10.1. The van der Waals surface area contributed by atoms with Crippen LogP contribution in [0.5, 0.6) is 0 Å². The number of nitrogens with two attached hydrogens (primary N) is 1. The maximum atomic E-state index is 11.9. The molecule has 1 fully saturated rings. The second-order valence-corrected chi connectivity index (χ2v) is 4.26. The first-order valence-electron chi connectivity index (χ1n) is 4.59. The fourth-order valence-electron chi connectivity index (χ4n) is 1.72. The van der Waals surface area contributed by atoms with E-state index in [1.165, 1.54) is 0 Å². The molecule has 2 N–H and O–H groups in total. The molecule has 0 saturated carbocycles. The van der Waals surface area contributed by atoms with E-state index in [1.54, 1.807) is 0 Å². The van der Waals surface area contributed by atoms with Crippen LogP contribution in [0.2, 0.25) is 0 Å². The molecule has 0 aromatic carbocycles. The number of anilines is 1. The van der Waals surface area contributed by atoms with Gasteiger partial charge in [0, 0.05) is 24.1 Å². The Balaban J connectivity index is 2.20. The molecule has 76 valence electrons. The lowest BCUT2D eigenvalue weighted by molar-refractivity contribution is 0.0742. The van der Waals surface area contributed by atoms with Crippen LogP contribution in [0.25, 0.3) is 0 Å². The number of hydrogen-bond donors (Lipinski definition) is 1. The van der Waals surface area contributed by atoms with E-state index in [2.05, 4.69) is 9.59 Å². The Morgan fingerprint density at radius 1 is 1.71 bits per heavy atom. The summed E-state index contributed by atoms with van der Waals surface area (Å²) in [5.41, 5.74) is 5.91. The molecule has 2 heterocycles. The number of amides is 1. The Kier molecular flexibility index (Phi) is 2.37. The lowest BCUT2D eigenvalue weighted by atomic mass is 10.2. The van der Waals surface area contributed by atoms with Crippen molar-refractivity contribution in [1.29, 1.82) is 0 Å². The summed E-state index contributed by atoms with van der Waals surface area (Å²) in [7, 11) is 0. The fourth-order valence-corrected chi connectivity index (χ4v) is 2.14. The van der Waals surface area contributed by atoms with E-state index >= 15 is 0 Å². The molecular weight excluding hydrogens is 200 g/mol. The van der Waals surface area contributed by atoms with Crippen LogP contribution in [0.1, 0.15) is 30.3 Å². The predicted molar refractivity (Wildman–Crippen MR) is 54.1 cm³/mol. The average molecular weight is 212 g/mol. The molecule has 0 bridgehead atoms. The molecule has 1 aromatic rings. The fraction of sp³-hybridized carbons (Fsp3) is 0.625. The van der Waals surface area contributed by atoms with Crippen LogP contribution < -0.4 is 5.73 Å². The second kappa shape index (κ2) is 3.53. The van der Waals surface area contributed by atoms with E-state index in [-0.39, 0.29) is 5.91 Å². The number of carbonyl (C=O) groups excluding carboxylic acids is 1. The highest BCUT2D eigenvalue weighted by Gasteiger charge is 2.28. The van der Waals surface area contributed by atoms with Gasteiger partial charge in [0.25, 0.3) is 5.91 Å². The number of aromatic nitrogens is 2. The molecule has 1 saturated heterocycles. The molecule has 6 heteroatoms. The van der Waals surface area contributed by atoms with Crippen molar-refractivity contribution < 1.29 is 4.79 Å². The molecule has 2 rings (SSSR count). The first-order chi connectivity index (χ1) is 6.70. The molecule has 1 aliphatic heterocycles. The second-order valence-electron chi connectivity index (χ2n) is 3.48. The molecule has 1 amide bonds. The normalized spacial score (nSPS) is 21.5. The molecule has 0 spiro atoms. The summed E-state index contributed by atoms with van der Waals surface area (Å²) >= 11 is 1.06. The summed E-state index contributed by atoms with van der Waals surface area (Å²) in [6.45, 7) is 2.85. The first-order valence-corrected chi connectivity index (χ1v) is 5.36. The molecular formula is C8H12N4OS. The third-order valence-corrected chi connectivity index (χ3v) is 3.08. The molecule has 1 atom stereocenters. The quantitative estimate of drug-likeness (QED) is 0.745. The van der Waals surface area contributed by atoms with Gasteiger partial charge < -0.3 is 10.6 Å². The molecule has 14 heavy (non-hydrogen) atoms. The Labute approximate surface area is 86.1 Å². The van der Waals surface area contributed by atoms with Gasteiger partial charge in [0.1, 0.15) is 5.00 Å². The Morgan fingerprint density at radius 2 is 2.50 bits per heavy atom. The smallest absolute Gasteiger partial charge is 0.277 e. The van der Waals surface area contributed by atoms with Crippen molar-refractivity contribution in [1.82, 2.24) is 14.5 Å². The average Bonchev–Trinajstić information content (AvgIpc) is 2.73. The molecule has 0 radical (unpaired) electrons. The Bertz CT molecular complexity index is 351. The van der Waals surface area contributed by atoms with Gasteiger partial charge in [-0.25, -0.2) is 0 Å². The number of nitrogens with zero attached hydrogens (tertiary/aromatic N) is 3. The highest BCUT2D eigenvalue weighted by Crippen LogP contribution is 2.22. The van der Waals surface area contributed by atoms with Crippen molar-refractivity contribution in [2.75, 3.05) is 12.3 Å². The van der Waals surface area contributed by atoms with Gasteiger partial charge in [-0.1, -0.05) is 4.49 Å². The lowest BCUT2D eigenvalue weighted by Gasteiger charge is -2.19. The van der Waals surface area contributed by atoms with Gasteiger partial charge in [-0.2, -0.15) is 0 Å². The van der Waals surface area contributed by atoms with E-state index in [9.17, 15) is 4.79 Å². The van der Waals surface area contributed by atoms with Crippen LogP contribution in [0.15, 0.2) is 0 Å². The van der Waals surface area contributed by atoms with Crippen LogP contribution >= 0.6 is 11.5 Å². The summed E-state index contributed by atoms with van der Waals surface area (Å²) in [5.74, 6) is -0.0822. The Morgan fingerprint density at radius 3 is 3.00 bits per heavy atom. The highest BCUT2D eigenvalue weighted by molar-refractivity contribution is 7.10. The van der Waals surface area contributed by atoms with Gasteiger partial charge in [-0.15, -0.1) is 5.10 Å². The van der Waals surface area contributed by atoms with Crippen LogP contribution in [-0.4, -0.2) is 33.0 Å². The summed E-state index contributed by atoms with van der Waals surface area (Å²) < 4.78 is 3.66. The molecule has 0 aliphatic carbocycles. The molecule has 1 aromatic heterocycles. The van der Waals surface area contributed by atoms with Gasteiger partial charge in [-0.3, -0.25) is 4.79 Å². The van der Waals surface area contributed by atoms with Crippen molar-refractivity contribution >= 4 is 22.4 Å². The third-order valence-electron chi connectivity index (χ3n) is 2.53. The molecule has 5 nitrogen and oxygen atoms in total. The summed E-state index contributed by atoms with van der Waals surface area (Å²) in [6, 6.07) is 0.295. The molecule has 1 aliphatic rings. The van der Waals surface area contributed by atoms with Crippen LogP contribution in [0.3, 0.4) is 0 Å². The first kappa shape index (κ1) is 9.39. The van der Waals surface area contributed by atoms with Crippen molar-refractivity contribution in [2.45, 2.75) is 25.8 Å². The van der Waals surface area contributed by atoms with Gasteiger partial charge >= 0.3 is 0 Å². The number of hydrogen-bond acceptors (Lipinski definition) is 5. The zero-order valence-electron chi connectivity index (χ0n) is 7.93. The van der Waals surface area contributed by atoms with E-state index in [4.69, 9.17) is 5.73 Å². The lowest BCUT2D eigenvalue weighted by Crippen LogP contribution is -2.34. The van der Waals surface area contributed by atoms with Crippen molar-refractivity contribution in [2.24, 2.45) is 0 Å². The summed E-state index contributed by atoms with van der Waals surface area (Å²) in [6.07, 6.45) is 2.12. The zero-order valence-corrected chi connectivity index (χ0v) is 8.75. The minimum Gasteiger partial charge on any atom is -0.387 e. The van der Waals surface area contributed by atoms with Gasteiger partial charge in [0.05, 0.1) is 0 Å². The number of likely N-dealkylation sites (tertiary alicyclic amines) is 1. The van der Waals surface area contributed by atoms with Crippen molar-refractivity contribution in [3.05, 3.63) is 5.69 Å². The number of nitrogen functional groups attached to an aromatic ring is 1. The SMILES string of the molecule is CC1CCCN1C(=O)c1nnsc1N. The van der Waals surface area contributed by atoms with Gasteiger partial charge in [0.15, 0.2) is 5.69 Å². The maximum Gasteiger partial charge on any atom is 0.277 e. The van der Waals surface area contributed by atoms with Crippen molar-refractivity contribution in [3.8, 4) is 0 Å². The Hall–Kier alpha value is -1.17. The minimum absolute atomic E-state index is 0.0822. The number of carbonyl (C=O) groups is 1. The van der Waals surface area contributed by atoms with Gasteiger partial charge in [0.2, 0.25) is 0 Å². The summed E-state index contributed by atoms with van der Waals surface area (Å²) in [4.78, 5) is 13.7. The highest BCUT2D eigenvalue weighted by atomic mass is 32.1. The van der Waals surface area contributed by atoms with Crippen molar-refractivity contribution in [3.63, 3.8) is 0 Å². The van der Waals surface area contributed by atoms with Crippen LogP contribution in [0, 0.1) is 0 Å². The van der Waals surface area contributed by atoms with E-state index in [0.717, 1.165) is 30.9 Å². The minimum atomic E-state index is -0.0822. The number of rotatable bonds is 1.